The Morgan fingerprint density at radius 1 is 0.783 bits per heavy atom. The van der Waals surface area contributed by atoms with Gasteiger partial charge in [-0.1, -0.05) is 98.9 Å². The molecule has 2 aliphatic heterocycles. The van der Waals surface area contributed by atoms with Crippen LogP contribution in [0.2, 0.25) is 0 Å². The summed E-state index contributed by atoms with van der Waals surface area (Å²) in [6.07, 6.45) is 41.4. The van der Waals surface area contributed by atoms with Gasteiger partial charge in [-0.3, -0.25) is 4.99 Å². The first-order chi connectivity index (χ1) is 22.6. The zero-order chi connectivity index (χ0) is 30.8. The summed E-state index contributed by atoms with van der Waals surface area (Å²) in [4.78, 5) is 8.09. The molecule has 6 aliphatic carbocycles. The number of rotatable bonds is 4. The zero-order valence-corrected chi connectivity index (χ0v) is 27.6. The Morgan fingerprint density at radius 3 is 2.46 bits per heavy atom. The van der Waals surface area contributed by atoms with Gasteiger partial charge < -0.3 is 10.2 Å². The van der Waals surface area contributed by atoms with Crippen molar-refractivity contribution in [2.24, 2.45) is 45.9 Å². The molecule has 8 aliphatic rings. The van der Waals surface area contributed by atoms with Crippen LogP contribution in [0.25, 0.3) is 5.70 Å². The van der Waals surface area contributed by atoms with E-state index < -0.39 is 0 Å². The lowest BCUT2D eigenvalue weighted by molar-refractivity contribution is 0.289. The topological polar surface area (TPSA) is 27.6 Å². The second-order valence-electron chi connectivity index (χ2n) is 15.6. The van der Waals surface area contributed by atoms with Crippen molar-refractivity contribution < 1.29 is 0 Å². The standard InChI is InChI=1S/C43H49N3/c1-43(2)36-19-11-9-17-32(36)34-26-41-35(25-37(34)43)33-18-10-12-20-40(33)46(41)31-23-21-29(22-24-31)39-27-38(28-13-5-3-6-14-28)44-42(45-39)30-15-7-4-8-16-30/h4-5,7,10-13,18-28,30,32-33,35-36,38,40-41H,3,6,8-9,14-17H2,1-2H3,(H,44,45)/t28-,30+,32?,33?,35?,36?,38?,40+,41?/m0/s1. The minimum atomic E-state index is 0.208. The number of anilines is 1. The first kappa shape index (κ1) is 28.6. The average Bonchev–Trinajstić information content (AvgIpc) is 3.56. The van der Waals surface area contributed by atoms with Crippen molar-refractivity contribution in [3.8, 4) is 0 Å². The second-order valence-corrected chi connectivity index (χ2v) is 15.6. The lowest BCUT2D eigenvalue weighted by Crippen LogP contribution is -2.38. The van der Waals surface area contributed by atoms with Crippen LogP contribution in [0.4, 0.5) is 5.69 Å². The number of benzene rings is 1. The van der Waals surface area contributed by atoms with Gasteiger partial charge in [-0.25, -0.2) is 0 Å². The Morgan fingerprint density at radius 2 is 1.63 bits per heavy atom. The first-order valence-corrected chi connectivity index (χ1v) is 18.3. The molecule has 46 heavy (non-hydrogen) atoms. The van der Waals surface area contributed by atoms with E-state index in [1.165, 1.54) is 61.3 Å². The Balaban J connectivity index is 1.04. The third-order valence-corrected chi connectivity index (χ3v) is 12.7. The number of amidine groups is 1. The van der Waals surface area contributed by atoms with Crippen molar-refractivity contribution in [1.29, 1.82) is 0 Å². The fraction of sp³-hybridized carbons (Fsp3) is 0.465. The molecule has 3 nitrogen and oxygen atoms in total. The molecule has 1 aromatic rings. The van der Waals surface area contributed by atoms with Crippen LogP contribution in [0.5, 0.6) is 0 Å². The van der Waals surface area contributed by atoms with E-state index in [1.807, 2.05) is 0 Å². The molecule has 9 rings (SSSR count). The van der Waals surface area contributed by atoms with Gasteiger partial charge in [0.15, 0.2) is 0 Å². The average molecular weight is 608 g/mol. The van der Waals surface area contributed by atoms with Gasteiger partial charge in [-0.05, 0) is 104 Å². The fourth-order valence-electron chi connectivity index (χ4n) is 10.3. The summed E-state index contributed by atoms with van der Waals surface area (Å²) in [6, 6.07) is 10.5. The van der Waals surface area contributed by atoms with Crippen LogP contribution in [0, 0.1) is 40.9 Å². The Labute approximate surface area is 276 Å². The van der Waals surface area contributed by atoms with Crippen LogP contribution in [-0.2, 0) is 0 Å². The van der Waals surface area contributed by atoms with E-state index in [0.717, 1.165) is 12.8 Å². The van der Waals surface area contributed by atoms with Gasteiger partial charge in [-0.15, -0.1) is 0 Å². The molecule has 236 valence electrons. The summed E-state index contributed by atoms with van der Waals surface area (Å²) in [5.41, 5.74) is 7.35. The molecule has 1 saturated carbocycles. The molecule has 0 amide bonds. The normalized spacial score (nSPS) is 38.1. The van der Waals surface area contributed by atoms with E-state index >= 15 is 0 Å². The van der Waals surface area contributed by atoms with E-state index in [-0.39, 0.29) is 11.5 Å². The summed E-state index contributed by atoms with van der Waals surface area (Å²) >= 11 is 0. The summed E-state index contributed by atoms with van der Waals surface area (Å²) in [5, 5.41) is 3.84. The molecule has 1 saturated heterocycles. The van der Waals surface area contributed by atoms with Gasteiger partial charge in [0, 0.05) is 35.1 Å². The van der Waals surface area contributed by atoms with Gasteiger partial charge in [0.05, 0.1) is 18.1 Å². The van der Waals surface area contributed by atoms with E-state index in [4.69, 9.17) is 4.99 Å². The zero-order valence-electron chi connectivity index (χ0n) is 27.6. The van der Waals surface area contributed by atoms with Gasteiger partial charge in [-0.2, -0.15) is 0 Å². The van der Waals surface area contributed by atoms with Crippen molar-refractivity contribution in [3.05, 3.63) is 120 Å². The maximum atomic E-state index is 5.35. The maximum absolute atomic E-state index is 5.35. The molecule has 0 radical (unpaired) electrons. The molecule has 0 bridgehead atoms. The number of fused-ring (bicyclic) bond motifs is 6. The molecule has 3 heteroatoms. The summed E-state index contributed by atoms with van der Waals surface area (Å²) in [7, 11) is 0. The highest BCUT2D eigenvalue weighted by Crippen LogP contribution is 2.60. The van der Waals surface area contributed by atoms with Crippen LogP contribution < -0.4 is 10.2 Å². The summed E-state index contributed by atoms with van der Waals surface area (Å²) in [5.74, 6) is 4.49. The predicted octanol–water partition coefficient (Wildman–Crippen LogP) is 9.51. The van der Waals surface area contributed by atoms with E-state index in [1.54, 1.807) is 11.1 Å². The smallest absolute Gasteiger partial charge is 0.105 e. The van der Waals surface area contributed by atoms with Crippen molar-refractivity contribution >= 4 is 17.2 Å². The van der Waals surface area contributed by atoms with E-state index in [2.05, 4.69) is 127 Å². The molecule has 2 heterocycles. The van der Waals surface area contributed by atoms with Crippen molar-refractivity contribution in [2.45, 2.75) is 83.3 Å². The third-order valence-electron chi connectivity index (χ3n) is 12.7. The van der Waals surface area contributed by atoms with Gasteiger partial charge >= 0.3 is 0 Å². The van der Waals surface area contributed by atoms with Gasteiger partial charge in [0.25, 0.3) is 0 Å². The molecule has 1 aromatic carbocycles. The van der Waals surface area contributed by atoms with E-state index in [9.17, 15) is 0 Å². The van der Waals surface area contributed by atoms with Crippen molar-refractivity contribution in [3.63, 3.8) is 0 Å². The number of hydrogen-bond acceptors (Lipinski definition) is 3. The van der Waals surface area contributed by atoms with Crippen LogP contribution in [0.15, 0.2) is 119 Å². The first-order valence-electron chi connectivity index (χ1n) is 18.3. The molecule has 2 fully saturated rings. The molecule has 1 N–H and O–H groups in total. The predicted molar refractivity (Wildman–Crippen MR) is 192 cm³/mol. The lowest BCUT2D eigenvalue weighted by Gasteiger charge is -2.34. The van der Waals surface area contributed by atoms with Crippen LogP contribution >= 0.6 is 0 Å². The van der Waals surface area contributed by atoms with Crippen LogP contribution in [0.1, 0.15) is 70.8 Å². The molecule has 6 unspecified atom stereocenters. The Kier molecular flexibility index (Phi) is 7.02. The third kappa shape index (κ3) is 4.63. The molecule has 0 spiro atoms. The van der Waals surface area contributed by atoms with E-state index in [0.29, 0.717) is 47.6 Å². The highest BCUT2D eigenvalue weighted by atomic mass is 15.2. The van der Waals surface area contributed by atoms with Gasteiger partial charge in [0.1, 0.15) is 5.84 Å². The van der Waals surface area contributed by atoms with Crippen molar-refractivity contribution in [1.82, 2.24) is 5.32 Å². The Hall–Kier alpha value is -3.59. The summed E-state index contributed by atoms with van der Waals surface area (Å²) < 4.78 is 0. The number of aliphatic imine (C=N–C) groups is 1. The highest BCUT2D eigenvalue weighted by Gasteiger charge is 2.54. The lowest BCUT2D eigenvalue weighted by atomic mass is 9.72. The molecule has 9 atom stereocenters. The Bertz CT molecular complexity index is 1660. The monoisotopic (exact) mass is 607 g/mol. The highest BCUT2D eigenvalue weighted by molar-refractivity contribution is 5.94. The van der Waals surface area contributed by atoms with Gasteiger partial charge in [0.2, 0.25) is 0 Å². The fourth-order valence-corrected chi connectivity index (χ4v) is 10.3. The molecular weight excluding hydrogens is 558 g/mol. The maximum Gasteiger partial charge on any atom is 0.105 e. The van der Waals surface area contributed by atoms with Crippen LogP contribution in [-0.4, -0.2) is 24.0 Å². The molecule has 0 aromatic heterocycles. The second kappa shape index (κ2) is 11.3. The molecular formula is C43H49N3. The number of nitrogens with zero attached hydrogens (tertiary/aromatic N) is 2. The van der Waals surface area contributed by atoms with Crippen molar-refractivity contribution in [2.75, 3.05) is 4.90 Å². The largest absolute Gasteiger partial charge is 0.357 e. The SMILES string of the molecule is CC1(C)C2=CC3C4C=CC=C[C@H]4N(c4ccc(C5=CC([C@H]6C=CCCC6)N=C([C@@H]6CC=CCC6)N5)cc4)C3C=C2C2CCC=CC21. The quantitative estimate of drug-likeness (QED) is 0.345. The number of hydrogen-bond donors (Lipinski definition) is 1. The minimum absolute atomic E-state index is 0.208. The van der Waals surface area contributed by atoms with Crippen LogP contribution in [0.3, 0.4) is 0 Å². The minimum Gasteiger partial charge on any atom is -0.357 e. The summed E-state index contributed by atoms with van der Waals surface area (Å²) in [6.45, 7) is 4.99. The number of nitrogens with one attached hydrogen (secondary N) is 1. The number of allylic oxidation sites excluding steroid dienone is 9.